The average molecular weight is 460 g/mol. The average Bonchev–Trinajstić information content (AvgIpc) is 2.73. The summed E-state index contributed by atoms with van der Waals surface area (Å²) in [4.78, 5) is 34.0. The smallest absolute Gasteiger partial charge is 0.333 e. The Labute approximate surface area is 195 Å². The first-order valence-corrected chi connectivity index (χ1v) is 11.6. The quantitative estimate of drug-likeness (QED) is 0.645. The van der Waals surface area contributed by atoms with Crippen molar-refractivity contribution in [1.29, 1.82) is 0 Å². The lowest BCUT2D eigenvalue weighted by Gasteiger charge is -2.40. The predicted octanol–water partition coefficient (Wildman–Crippen LogP) is 1.91. The molecule has 0 saturated carbocycles. The lowest BCUT2D eigenvalue weighted by molar-refractivity contribution is -0.0450. The Morgan fingerprint density at radius 3 is 2.12 bits per heavy atom. The van der Waals surface area contributed by atoms with Crippen LogP contribution in [0, 0.1) is 0 Å². The molecule has 1 N–H and O–H groups in total. The SMILES string of the molecule is CC(C)n1c(N2CCN(CC(O)C(C)(C)Oc3ccncc3)CC2)cc(=O)n(C(C)C)c1=O. The molecule has 9 nitrogen and oxygen atoms in total. The van der Waals surface area contributed by atoms with Gasteiger partial charge in [0, 0.05) is 63.3 Å². The van der Waals surface area contributed by atoms with Gasteiger partial charge < -0.3 is 14.7 Å². The van der Waals surface area contributed by atoms with E-state index in [4.69, 9.17) is 4.74 Å². The second kappa shape index (κ2) is 10.1. The summed E-state index contributed by atoms with van der Waals surface area (Å²) >= 11 is 0. The molecule has 3 rings (SSSR count). The molecule has 2 aromatic rings. The molecule has 1 atom stereocenters. The minimum atomic E-state index is -0.766. The second-order valence-corrected chi connectivity index (χ2v) is 9.74. The van der Waals surface area contributed by atoms with Crippen LogP contribution < -0.4 is 20.9 Å². The van der Waals surface area contributed by atoms with Crippen LogP contribution in [0.3, 0.4) is 0 Å². The third kappa shape index (κ3) is 5.65. The van der Waals surface area contributed by atoms with Gasteiger partial charge in [0.2, 0.25) is 0 Å². The number of aliphatic hydroxyl groups is 1. The zero-order chi connectivity index (χ0) is 24.3. The van der Waals surface area contributed by atoms with Gasteiger partial charge in [-0.15, -0.1) is 0 Å². The van der Waals surface area contributed by atoms with Crippen LogP contribution in [0.5, 0.6) is 5.75 Å². The van der Waals surface area contributed by atoms with Gasteiger partial charge in [-0.1, -0.05) is 0 Å². The molecule has 9 heteroatoms. The highest BCUT2D eigenvalue weighted by Crippen LogP contribution is 2.22. The molecule has 33 heavy (non-hydrogen) atoms. The summed E-state index contributed by atoms with van der Waals surface area (Å²) in [6, 6.07) is 4.87. The first kappa shape index (κ1) is 25.0. The Morgan fingerprint density at radius 2 is 1.58 bits per heavy atom. The van der Waals surface area contributed by atoms with Gasteiger partial charge in [0.15, 0.2) is 0 Å². The van der Waals surface area contributed by atoms with E-state index in [1.165, 1.54) is 4.57 Å². The highest BCUT2D eigenvalue weighted by Gasteiger charge is 2.33. The molecule has 1 fully saturated rings. The van der Waals surface area contributed by atoms with Gasteiger partial charge in [-0.05, 0) is 53.7 Å². The van der Waals surface area contributed by atoms with E-state index < -0.39 is 11.7 Å². The summed E-state index contributed by atoms with van der Waals surface area (Å²) in [7, 11) is 0. The normalized spacial score (nSPS) is 16.5. The van der Waals surface area contributed by atoms with Crippen LogP contribution in [-0.2, 0) is 0 Å². The molecule has 0 aliphatic carbocycles. The van der Waals surface area contributed by atoms with Crippen LogP contribution in [-0.4, -0.2) is 68.6 Å². The number of pyridine rings is 1. The van der Waals surface area contributed by atoms with E-state index in [1.54, 1.807) is 35.2 Å². The predicted molar refractivity (Wildman–Crippen MR) is 129 cm³/mol. The van der Waals surface area contributed by atoms with E-state index in [0.29, 0.717) is 44.3 Å². The number of rotatable bonds is 8. The maximum Gasteiger partial charge on any atom is 0.333 e. The molecule has 1 aliphatic heterocycles. The van der Waals surface area contributed by atoms with Crippen molar-refractivity contribution in [3.63, 3.8) is 0 Å². The minimum absolute atomic E-state index is 0.0657. The van der Waals surface area contributed by atoms with Gasteiger partial charge in [0.05, 0.1) is 0 Å². The van der Waals surface area contributed by atoms with Gasteiger partial charge >= 0.3 is 5.69 Å². The zero-order valence-corrected chi connectivity index (χ0v) is 20.6. The van der Waals surface area contributed by atoms with E-state index in [1.807, 2.05) is 41.5 Å². The van der Waals surface area contributed by atoms with Crippen LogP contribution in [0.25, 0.3) is 0 Å². The van der Waals surface area contributed by atoms with Crippen molar-refractivity contribution >= 4 is 5.82 Å². The van der Waals surface area contributed by atoms with E-state index in [9.17, 15) is 14.7 Å². The van der Waals surface area contributed by atoms with E-state index in [0.717, 1.165) is 0 Å². The number of anilines is 1. The Bertz CT molecular complexity index is 1040. The van der Waals surface area contributed by atoms with Crippen molar-refractivity contribution in [3.05, 3.63) is 51.4 Å². The Hall–Kier alpha value is -2.65. The van der Waals surface area contributed by atoms with Crippen molar-refractivity contribution in [2.45, 2.75) is 65.3 Å². The number of hydrogen-bond donors (Lipinski definition) is 1. The van der Waals surface area contributed by atoms with Crippen LogP contribution in [0.1, 0.15) is 53.6 Å². The van der Waals surface area contributed by atoms with Crippen molar-refractivity contribution in [2.75, 3.05) is 37.6 Å². The maximum absolute atomic E-state index is 13.0. The molecule has 0 spiro atoms. The third-order valence-corrected chi connectivity index (χ3v) is 6.14. The Kier molecular flexibility index (Phi) is 7.64. The minimum Gasteiger partial charge on any atom is -0.485 e. The molecule has 1 aliphatic rings. The molecule has 182 valence electrons. The Balaban J connectivity index is 1.69. The highest BCUT2D eigenvalue weighted by atomic mass is 16.5. The molecule has 1 unspecified atom stereocenters. The first-order chi connectivity index (χ1) is 15.5. The van der Waals surface area contributed by atoms with Crippen molar-refractivity contribution in [3.8, 4) is 5.75 Å². The van der Waals surface area contributed by atoms with E-state index >= 15 is 0 Å². The molecule has 0 bridgehead atoms. The Morgan fingerprint density at radius 1 is 1.00 bits per heavy atom. The van der Waals surface area contributed by atoms with E-state index in [-0.39, 0.29) is 23.3 Å². The van der Waals surface area contributed by atoms with Gasteiger partial charge in [0.1, 0.15) is 23.3 Å². The molecule has 0 aromatic carbocycles. The number of hydrogen-bond acceptors (Lipinski definition) is 7. The van der Waals surface area contributed by atoms with E-state index in [2.05, 4.69) is 14.8 Å². The van der Waals surface area contributed by atoms with Gasteiger partial charge in [-0.25, -0.2) is 4.79 Å². The summed E-state index contributed by atoms with van der Waals surface area (Å²) in [6.45, 7) is 14.6. The van der Waals surface area contributed by atoms with Crippen LogP contribution in [0.15, 0.2) is 40.2 Å². The lowest BCUT2D eigenvalue weighted by Crippen LogP contribution is -2.54. The van der Waals surface area contributed by atoms with Crippen molar-refractivity contribution in [1.82, 2.24) is 19.0 Å². The van der Waals surface area contributed by atoms with Gasteiger partial charge in [-0.3, -0.25) is 23.8 Å². The maximum atomic E-state index is 13.0. The molecule has 2 aromatic heterocycles. The molecule has 0 radical (unpaired) electrons. The van der Waals surface area contributed by atoms with Crippen LogP contribution in [0.2, 0.25) is 0 Å². The summed E-state index contributed by atoms with van der Waals surface area (Å²) < 4.78 is 9.00. The summed E-state index contributed by atoms with van der Waals surface area (Å²) in [6.07, 6.45) is 2.63. The highest BCUT2D eigenvalue weighted by molar-refractivity contribution is 5.40. The summed E-state index contributed by atoms with van der Waals surface area (Å²) in [5, 5.41) is 10.9. The van der Waals surface area contributed by atoms with Gasteiger partial charge in [-0.2, -0.15) is 0 Å². The molecule has 3 heterocycles. The second-order valence-electron chi connectivity index (χ2n) is 9.74. The first-order valence-electron chi connectivity index (χ1n) is 11.6. The number of piperazine rings is 1. The topological polar surface area (TPSA) is 92.8 Å². The number of aliphatic hydroxyl groups excluding tert-OH is 1. The van der Waals surface area contributed by atoms with Gasteiger partial charge in [0.25, 0.3) is 5.56 Å². The molecular weight excluding hydrogens is 422 g/mol. The number of aromatic nitrogens is 3. The van der Waals surface area contributed by atoms with Crippen molar-refractivity contribution in [2.24, 2.45) is 0 Å². The summed E-state index contributed by atoms with van der Waals surface area (Å²) in [5.74, 6) is 1.33. The van der Waals surface area contributed by atoms with Crippen molar-refractivity contribution < 1.29 is 9.84 Å². The number of ether oxygens (including phenoxy) is 1. The third-order valence-electron chi connectivity index (χ3n) is 6.14. The fraction of sp³-hybridized carbons (Fsp3) is 0.625. The zero-order valence-electron chi connectivity index (χ0n) is 20.6. The molecular formula is C24H37N5O4. The fourth-order valence-corrected chi connectivity index (χ4v) is 4.16. The largest absolute Gasteiger partial charge is 0.485 e. The molecule has 0 amide bonds. The lowest BCUT2D eigenvalue weighted by atomic mass is 10.0. The summed E-state index contributed by atoms with van der Waals surface area (Å²) in [5.41, 5.74) is -1.30. The van der Waals surface area contributed by atoms with Crippen LogP contribution >= 0.6 is 0 Å². The molecule has 1 saturated heterocycles. The fourth-order valence-electron chi connectivity index (χ4n) is 4.16. The number of β-amino-alcohol motifs (C(OH)–C–C–N with tert-alkyl or cyclic N) is 1. The number of nitrogens with zero attached hydrogens (tertiary/aromatic N) is 5. The van der Waals surface area contributed by atoms with Crippen LogP contribution in [0.4, 0.5) is 5.82 Å². The standard InChI is InChI=1S/C24H37N5O4/c1-17(2)28-21(15-22(31)29(18(3)4)23(28)32)27-13-11-26(12-14-27)16-20(30)24(5,6)33-19-7-9-25-10-8-19/h7-10,15,17-18,20,30H,11-14,16H2,1-6H3. The monoisotopic (exact) mass is 459 g/mol.